The van der Waals surface area contributed by atoms with Crippen molar-refractivity contribution in [3.05, 3.63) is 47.0 Å². The predicted molar refractivity (Wildman–Crippen MR) is 71.8 cm³/mol. The Morgan fingerprint density at radius 2 is 2.06 bits per heavy atom. The molecule has 0 atom stereocenters. The second kappa shape index (κ2) is 4.35. The van der Waals surface area contributed by atoms with Crippen molar-refractivity contribution in [1.82, 2.24) is 0 Å². The fourth-order valence-corrected chi connectivity index (χ4v) is 2.01. The maximum absolute atomic E-state index is 5.95. The first-order valence-corrected chi connectivity index (χ1v) is 5.84. The zero-order chi connectivity index (χ0) is 12.5. The Morgan fingerprint density at radius 1 is 1.17 bits per heavy atom. The van der Waals surface area contributed by atoms with Gasteiger partial charge in [-0.15, -0.1) is 0 Å². The molecule has 0 aliphatic carbocycles. The highest BCUT2D eigenvalue weighted by atomic mass is 35.5. The molecular formula is C14H10ClNO2. The van der Waals surface area contributed by atoms with Crippen LogP contribution >= 0.6 is 11.6 Å². The lowest BCUT2D eigenvalue weighted by atomic mass is 10.2. The van der Waals surface area contributed by atoms with Gasteiger partial charge in [-0.2, -0.15) is 0 Å². The largest absolute Gasteiger partial charge is 0.496 e. The van der Waals surface area contributed by atoms with Crippen LogP contribution in [0, 0.1) is 0 Å². The summed E-state index contributed by atoms with van der Waals surface area (Å²) in [6.45, 7) is 0. The van der Waals surface area contributed by atoms with E-state index in [1.165, 1.54) is 0 Å². The first-order chi connectivity index (χ1) is 8.78. The molecule has 0 saturated heterocycles. The molecule has 2 aromatic carbocycles. The number of hydrogen-bond acceptors (Lipinski definition) is 3. The predicted octanol–water partition coefficient (Wildman–Crippen LogP) is 4.20. The smallest absolute Gasteiger partial charge is 0.153 e. The van der Waals surface area contributed by atoms with E-state index < -0.39 is 0 Å². The highest BCUT2D eigenvalue weighted by Gasteiger charge is 2.15. The van der Waals surface area contributed by atoms with Crippen molar-refractivity contribution in [2.45, 2.75) is 0 Å². The molecule has 0 amide bonds. The van der Waals surface area contributed by atoms with Crippen molar-refractivity contribution in [2.75, 3.05) is 7.11 Å². The van der Waals surface area contributed by atoms with Crippen LogP contribution in [0.2, 0.25) is 5.02 Å². The first kappa shape index (κ1) is 11.1. The lowest BCUT2D eigenvalue weighted by Crippen LogP contribution is -1.93. The number of rotatable bonds is 1. The van der Waals surface area contributed by atoms with Gasteiger partial charge in [0.1, 0.15) is 17.2 Å². The van der Waals surface area contributed by atoms with Crippen LogP contribution in [-0.2, 0) is 0 Å². The van der Waals surface area contributed by atoms with E-state index in [4.69, 9.17) is 21.1 Å². The second-order valence-corrected chi connectivity index (χ2v) is 4.28. The fraction of sp³-hybridized carbons (Fsp3) is 0.0714. The van der Waals surface area contributed by atoms with Crippen LogP contribution in [0.4, 0.5) is 5.69 Å². The Bertz CT molecular complexity index is 638. The molecule has 1 aliphatic rings. The second-order valence-electron chi connectivity index (χ2n) is 3.84. The maximum Gasteiger partial charge on any atom is 0.153 e. The summed E-state index contributed by atoms with van der Waals surface area (Å²) in [5, 5.41) is 0.632. The van der Waals surface area contributed by atoms with Crippen LogP contribution in [0.1, 0.15) is 5.56 Å². The normalized spacial score (nSPS) is 12.1. The van der Waals surface area contributed by atoms with E-state index in [-0.39, 0.29) is 0 Å². The lowest BCUT2D eigenvalue weighted by molar-refractivity contribution is 0.408. The Morgan fingerprint density at radius 3 is 2.89 bits per heavy atom. The molecule has 0 saturated carbocycles. The van der Waals surface area contributed by atoms with Crippen LogP contribution < -0.4 is 9.47 Å². The molecule has 0 radical (unpaired) electrons. The maximum atomic E-state index is 5.95. The molecule has 3 rings (SSSR count). The molecular weight excluding hydrogens is 250 g/mol. The van der Waals surface area contributed by atoms with Crippen molar-refractivity contribution in [3.63, 3.8) is 0 Å². The minimum Gasteiger partial charge on any atom is -0.496 e. The molecule has 3 nitrogen and oxygen atoms in total. The average Bonchev–Trinajstić information content (AvgIpc) is 2.57. The van der Waals surface area contributed by atoms with Gasteiger partial charge in [-0.25, -0.2) is 0 Å². The number of nitrogens with zero attached hydrogens (tertiary/aromatic N) is 1. The van der Waals surface area contributed by atoms with Gasteiger partial charge in [-0.3, -0.25) is 4.99 Å². The van der Waals surface area contributed by atoms with Gasteiger partial charge in [0, 0.05) is 11.2 Å². The topological polar surface area (TPSA) is 30.8 Å². The molecule has 0 bridgehead atoms. The molecule has 0 N–H and O–H groups in total. The van der Waals surface area contributed by atoms with Crippen molar-refractivity contribution in [1.29, 1.82) is 0 Å². The lowest BCUT2D eigenvalue weighted by Gasteiger charge is -2.10. The van der Waals surface area contributed by atoms with Crippen molar-refractivity contribution >= 4 is 23.5 Å². The number of fused-ring (bicyclic) bond motifs is 2. The van der Waals surface area contributed by atoms with Crippen molar-refractivity contribution < 1.29 is 9.47 Å². The number of aliphatic imine (C=N–C) groups is 1. The van der Waals surface area contributed by atoms with E-state index in [9.17, 15) is 0 Å². The first-order valence-electron chi connectivity index (χ1n) is 5.46. The quantitative estimate of drug-likeness (QED) is 0.656. The SMILES string of the molecule is COc1cccc2c1C=Nc1cc(Cl)ccc1O2. The summed E-state index contributed by atoms with van der Waals surface area (Å²) in [7, 11) is 1.62. The molecule has 0 aromatic heterocycles. The molecule has 18 heavy (non-hydrogen) atoms. The van der Waals surface area contributed by atoms with Crippen LogP contribution in [0.15, 0.2) is 41.4 Å². The molecule has 0 fully saturated rings. The van der Waals surface area contributed by atoms with Gasteiger partial charge in [0.05, 0.1) is 12.7 Å². The molecule has 0 spiro atoms. The van der Waals surface area contributed by atoms with Crippen LogP contribution in [0.3, 0.4) is 0 Å². The molecule has 2 aromatic rings. The van der Waals surface area contributed by atoms with Gasteiger partial charge in [0.15, 0.2) is 5.75 Å². The van der Waals surface area contributed by atoms with E-state index in [0.717, 1.165) is 17.1 Å². The summed E-state index contributed by atoms with van der Waals surface area (Å²) in [4.78, 5) is 4.38. The van der Waals surface area contributed by atoms with Crippen molar-refractivity contribution in [3.8, 4) is 17.2 Å². The number of hydrogen-bond donors (Lipinski definition) is 0. The summed E-state index contributed by atoms with van der Waals surface area (Å²) in [6, 6.07) is 11.0. The number of halogens is 1. The fourth-order valence-electron chi connectivity index (χ4n) is 1.85. The van der Waals surface area contributed by atoms with Gasteiger partial charge in [0.25, 0.3) is 0 Å². The van der Waals surface area contributed by atoms with Gasteiger partial charge in [0.2, 0.25) is 0 Å². The molecule has 4 heteroatoms. The van der Waals surface area contributed by atoms with E-state index in [0.29, 0.717) is 16.5 Å². The monoisotopic (exact) mass is 259 g/mol. The van der Waals surface area contributed by atoms with Crippen LogP contribution in [-0.4, -0.2) is 13.3 Å². The highest BCUT2D eigenvalue weighted by molar-refractivity contribution is 6.30. The van der Waals surface area contributed by atoms with E-state index in [1.54, 1.807) is 25.5 Å². The van der Waals surface area contributed by atoms with E-state index in [2.05, 4.69) is 4.99 Å². The third-order valence-electron chi connectivity index (χ3n) is 2.72. The number of benzene rings is 2. The zero-order valence-corrected chi connectivity index (χ0v) is 10.4. The minimum absolute atomic E-state index is 0.632. The summed E-state index contributed by atoms with van der Waals surface area (Å²) in [5.41, 5.74) is 1.54. The minimum atomic E-state index is 0.632. The summed E-state index contributed by atoms with van der Waals surface area (Å²) in [5.74, 6) is 2.14. The van der Waals surface area contributed by atoms with E-state index >= 15 is 0 Å². The van der Waals surface area contributed by atoms with E-state index in [1.807, 2.05) is 24.3 Å². The number of methoxy groups -OCH3 is 1. The summed E-state index contributed by atoms with van der Waals surface area (Å²) < 4.78 is 11.1. The molecule has 0 unspecified atom stereocenters. The van der Waals surface area contributed by atoms with Crippen LogP contribution in [0.25, 0.3) is 0 Å². The Hall–Kier alpha value is -2.00. The van der Waals surface area contributed by atoms with Gasteiger partial charge >= 0.3 is 0 Å². The van der Waals surface area contributed by atoms with Gasteiger partial charge in [-0.1, -0.05) is 17.7 Å². The zero-order valence-electron chi connectivity index (χ0n) is 9.68. The van der Waals surface area contributed by atoms with Gasteiger partial charge in [-0.05, 0) is 30.3 Å². The highest BCUT2D eigenvalue weighted by Crippen LogP contribution is 2.39. The molecule has 1 heterocycles. The van der Waals surface area contributed by atoms with Gasteiger partial charge < -0.3 is 9.47 Å². The third kappa shape index (κ3) is 1.83. The average molecular weight is 260 g/mol. The number of ether oxygens (including phenoxy) is 2. The molecule has 90 valence electrons. The summed E-state index contributed by atoms with van der Waals surface area (Å²) >= 11 is 5.95. The Balaban J connectivity index is 2.17. The van der Waals surface area contributed by atoms with Crippen molar-refractivity contribution in [2.24, 2.45) is 4.99 Å². The molecule has 1 aliphatic heterocycles. The Kier molecular flexibility index (Phi) is 2.68. The van der Waals surface area contributed by atoms with Crippen LogP contribution in [0.5, 0.6) is 17.2 Å². The Labute approximate surface area is 110 Å². The standard InChI is InChI=1S/C14H10ClNO2/c1-17-12-3-2-4-13-10(12)8-16-11-7-9(15)5-6-14(11)18-13/h2-8H,1H3. The summed E-state index contributed by atoms with van der Waals surface area (Å²) in [6.07, 6.45) is 1.73. The third-order valence-corrected chi connectivity index (χ3v) is 2.95.